The molecule has 174 valence electrons. The lowest BCUT2D eigenvalue weighted by Gasteiger charge is -2.31. The Hall–Kier alpha value is 0.290. The molecule has 1 fully saturated rings. The summed E-state index contributed by atoms with van der Waals surface area (Å²) in [6, 6.07) is 0. The molecule has 7 N–H and O–H groups in total. The van der Waals surface area contributed by atoms with E-state index in [1.807, 2.05) is 4.90 Å². The van der Waals surface area contributed by atoms with Crippen LogP contribution in [0.2, 0.25) is 0 Å². The number of hydrogen-bond acceptors (Lipinski definition) is 7. The third kappa shape index (κ3) is 15.7. The first kappa shape index (κ1) is 27.3. The molecule has 1 heterocycles. The number of hydrogen-bond donors (Lipinski definition) is 7. The monoisotopic (exact) mass is 482 g/mol. The largest absolute Gasteiger partial charge is 0.339 e. The summed E-state index contributed by atoms with van der Waals surface area (Å²) in [5.41, 5.74) is 0. The summed E-state index contributed by atoms with van der Waals surface area (Å²) in [7, 11) is -12.6. The summed E-state index contributed by atoms with van der Waals surface area (Å²) in [5.74, 6) is 0. The second-order valence-corrected chi connectivity index (χ2v) is 12.3. The molecule has 0 amide bonds. The minimum Gasteiger partial charge on any atom is -0.324 e. The van der Waals surface area contributed by atoms with Crippen LogP contribution in [0.25, 0.3) is 0 Å². The van der Waals surface area contributed by atoms with Crippen LogP contribution in [-0.4, -0.2) is 128 Å². The minimum atomic E-state index is -4.24. The molecule has 0 aromatic rings. The van der Waals surface area contributed by atoms with Gasteiger partial charge in [-0.2, -0.15) is 0 Å². The average molecular weight is 482 g/mol. The highest BCUT2D eigenvalue weighted by Gasteiger charge is 2.22. The molecule has 0 spiro atoms. The Morgan fingerprint density at radius 2 is 0.966 bits per heavy atom. The van der Waals surface area contributed by atoms with Crippen LogP contribution in [0, 0.1) is 0 Å². The fraction of sp³-hybridized carbons (Fsp3) is 1.00. The highest BCUT2D eigenvalue weighted by atomic mass is 31.2. The van der Waals surface area contributed by atoms with Crippen LogP contribution in [0.15, 0.2) is 0 Å². The fourth-order valence-electron chi connectivity index (χ4n) is 2.89. The molecule has 1 aliphatic rings. The summed E-state index contributed by atoms with van der Waals surface area (Å²) in [6.07, 6.45) is -1.00. The van der Waals surface area contributed by atoms with E-state index < -0.39 is 29.1 Å². The topological polar surface area (TPSA) is 194 Å². The molecule has 0 aromatic heterocycles. The molecule has 29 heavy (non-hydrogen) atoms. The zero-order valence-electron chi connectivity index (χ0n) is 16.3. The van der Waals surface area contributed by atoms with Gasteiger partial charge in [-0.1, -0.05) is 0 Å². The van der Waals surface area contributed by atoms with Crippen LogP contribution < -0.4 is 5.32 Å². The lowest BCUT2D eigenvalue weighted by molar-refractivity contribution is 0.178. The number of nitrogens with zero attached hydrogens (tertiary/aromatic N) is 3. The standard InChI is InChI=1S/C13H33N4O9P3/c18-27(19,20)11-9-15-3-1-14-2-4-17(13-29(24,25)26)8-7-16(6-5-15)10-12-28(21,22)23/h14H,1-13H2,(H2,18,19,20)(H2,21,22,23)(H2,24,25,26). The van der Waals surface area contributed by atoms with Crippen LogP contribution in [0.4, 0.5) is 0 Å². The van der Waals surface area contributed by atoms with Crippen molar-refractivity contribution in [2.45, 2.75) is 0 Å². The van der Waals surface area contributed by atoms with Crippen LogP contribution >= 0.6 is 22.8 Å². The van der Waals surface area contributed by atoms with Crippen molar-refractivity contribution in [2.75, 3.05) is 84.1 Å². The molecule has 1 rings (SSSR count). The van der Waals surface area contributed by atoms with Gasteiger partial charge in [0, 0.05) is 65.4 Å². The zero-order chi connectivity index (χ0) is 22.1. The third-order valence-corrected chi connectivity index (χ3v) is 6.81. The Kier molecular flexibility index (Phi) is 11.6. The van der Waals surface area contributed by atoms with Crippen molar-refractivity contribution in [2.24, 2.45) is 0 Å². The summed E-state index contributed by atoms with van der Waals surface area (Å²) >= 11 is 0. The maximum absolute atomic E-state index is 11.4. The molecule has 0 bridgehead atoms. The summed E-state index contributed by atoms with van der Waals surface area (Å²) in [6.45, 7) is 3.75. The van der Waals surface area contributed by atoms with Gasteiger partial charge in [0.2, 0.25) is 0 Å². The van der Waals surface area contributed by atoms with Crippen LogP contribution in [0.3, 0.4) is 0 Å². The van der Waals surface area contributed by atoms with E-state index >= 15 is 0 Å². The van der Waals surface area contributed by atoms with E-state index in [2.05, 4.69) is 5.32 Å². The van der Waals surface area contributed by atoms with E-state index in [0.29, 0.717) is 52.4 Å². The van der Waals surface area contributed by atoms with Gasteiger partial charge in [0.15, 0.2) is 0 Å². The van der Waals surface area contributed by atoms with Gasteiger partial charge in [-0.3, -0.25) is 18.6 Å². The van der Waals surface area contributed by atoms with Crippen LogP contribution in [-0.2, 0) is 13.7 Å². The van der Waals surface area contributed by atoms with E-state index in [1.165, 1.54) is 0 Å². The summed E-state index contributed by atoms with van der Waals surface area (Å²) < 4.78 is 33.7. The molecule has 0 saturated carbocycles. The van der Waals surface area contributed by atoms with Crippen molar-refractivity contribution in [1.82, 2.24) is 20.0 Å². The van der Waals surface area contributed by atoms with Gasteiger partial charge in [0.25, 0.3) is 0 Å². The molecular weight excluding hydrogens is 449 g/mol. The van der Waals surface area contributed by atoms with Gasteiger partial charge < -0.3 is 44.5 Å². The predicted molar refractivity (Wildman–Crippen MR) is 108 cm³/mol. The normalized spacial score (nSPS) is 20.9. The van der Waals surface area contributed by atoms with Crippen molar-refractivity contribution in [1.29, 1.82) is 0 Å². The van der Waals surface area contributed by atoms with Gasteiger partial charge >= 0.3 is 22.8 Å². The smallest absolute Gasteiger partial charge is 0.324 e. The average Bonchev–Trinajstić information content (AvgIpc) is 2.52. The molecule has 16 heteroatoms. The third-order valence-electron chi connectivity index (χ3n) is 4.47. The van der Waals surface area contributed by atoms with Crippen molar-refractivity contribution in [3.05, 3.63) is 0 Å². The van der Waals surface area contributed by atoms with Gasteiger partial charge in [-0.15, -0.1) is 0 Å². The van der Waals surface area contributed by atoms with Gasteiger partial charge in [-0.25, -0.2) is 0 Å². The maximum Gasteiger partial charge on any atom is 0.339 e. The molecule has 1 saturated heterocycles. The van der Waals surface area contributed by atoms with Crippen molar-refractivity contribution in [3.63, 3.8) is 0 Å². The predicted octanol–water partition coefficient (Wildman–Crippen LogP) is -2.01. The Labute approximate surface area is 170 Å². The highest BCUT2D eigenvalue weighted by molar-refractivity contribution is 7.52. The minimum absolute atomic E-state index is 0.110. The van der Waals surface area contributed by atoms with Gasteiger partial charge in [0.1, 0.15) is 6.29 Å². The molecule has 1 aliphatic heterocycles. The second-order valence-electron chi connectivity index (χ2n) is 7.13. The molecule has 0 atom stereocenters. The number of rotatable bonds is 8. The second kappa shape index (κ2) is 12.4. The Morgan fingerprint density at radius 1 is 0.586 bits per heavy atom. The van der Waals surface area contributed by atoms with E-state index in [-0.39, 0.29) is 25.4 Å². The van der Waals surface area contributed by atoms with Crippen molar-refractivity contribution >= 4 is 22.8 Å². The van der Waals surface area contributed by atoms with E-state index in [0.717, 1.165) is 0 Å². The van der Waals surface area contributed by atoms with Crippen LogP contribution in [0.5, 0.6) is 0 Å². The Morgan fingerprint density at radius 3 is 1.38 bits per heavy atom. The SMILES string of the molecule is O=P(O)(O)CCN1CCNCCN(CP(=O)(O)O)CCN(CCP(=O)(O)O)CC1. The molecule has 0 unspecified atom stereocenters. The van der Waals surface area contributed by atoms with Crippen LogP contribution in [0.1, 0.15) is 0 Å². The maximum atomic E-state index is 11.4. The molecular formula is C13H33N4O9P3. The van der Waals surface area contributed by atoms with E-state index in [4.69, 9.17) is 19.6 Å². The Bertz CT molecular complexity index is 623. The lowest BCUT2D eigenvalue weighted by Crippen LogP contribution is -2.46. The van der Waals surface area contributed by atoms with E-state index in [1.54, 1.807) is 9.80 Å². The van der Waals surface area contributed by atoms with Gasteiger partial charge in [-0.05, 0) is 0 Å². The molecule has 0 radical (unpaired) electrons. The molecule has 0 aromatic carbocycles. The summed E-state index contributed by atoms with van der Waals surface area (Å²) in [4.78, 5) is 60.3. The lowest BCUT2D eigenvalue weighted by atomic mass is 10.3. The molecule has 0 aliphatic carbocycles. The first-order valence-electron chi connectivity index (χ1n) is 9.25. The first-order chi connectivity index (χ1) is 13.2. The quantitative estimate of drug-likeness (QED) is 0.188. The summed E-state index contributed by atoms with van der Waals surface area (Å²) in [5, 5.41) is 3.16. The van der Waals surface area contributed by atoms with Gasteiger partial charge in [0.05, 0.1) is 12.3 Å². The first-order valence-corrected chi connectivity index (χ1v) is 14.6. The van der Waals surface area contributed by atoms with Crippen molar-refractivity contribution in [3.8, 4) is 0 Å². The van der Waals surface area contributed by atoms with E-state index in [9.17, 15) is 23.5 Å². The zero-order valence-corrected chi connectivity index (χ0v) is 19.0. The number of nitrogens with one attached hydrogen (secondary N) is 1. The highest BCUT2D eigenvalue weighted by Crippen LogP contribution is 2.35. The molecule has 13 nitrogen and oxygen atoms in total. The fourth-order valence-corrected chi connectivity index (χ4v) is 4.78. The van der Waals surface area contributed by atoms with Crippen molar-refractivity contribution < 1.29 is 43.1 Å². The Balaban J connectivity index is 2.78.